The minimum Gasteiger partial charge on any atom is -0.395 e. The summed E-state index contributed by atoms with van der Waals surface area (Å²) in [5.74, 6) is 0.00634. The smallest absolute Gasteiger partial charge is 0.246 e. The van der Waals surface area contributed by atoms with Gasteiger partial charge in [0.15, 0.2) is 0 Å². The predicted octanol–water partition coefficient (Wildman–Crippen LogP) is 1.49. The second kappa shape index (κ2) is 6.40. The molecule has 0 unspecified atom stereocenters. The molecule has 0 radical (unpaired) electrons. The van der Waals surface area contributed by atoms with E-state index in [1.165, 1.54) is 6.42 Å². The first-order valence-corrected chi connectivity index (χ1v) is 5.50. The second-order valence-corrected chi connectivity index (χ2v) is 3.72. The van der Waals surface area contributed by atoms with E-state index in [4.69, 9.17) is 5.11 Å². The van der Waals surface area contributed by atoms with Gasteiger partial charge in [0.2, 0.25) is 5.91 Å². The van der Waals surface area contributed by atoms with Crippen molar-refractivity contribution in [2.45, 2.75) is 32.2 Å². The van der Waals surface area contributed by atoms with Crippen LogP contribution in [0, 0.1) is 0 Å². The molecule has 1 fully saturated rings. The summed E-state index contributed by atoms with van der Waals surface area (Å²) in [6.45, 7) is 2.40. The fourth-order valence-corrected chi connectivity index (χ4v) is 1.62. The minimum atomic E-state index is 0.00634. The van der Waals surface area contributed by atoms with E-state index >= 15 is 0 Å². The summed E-state index contributed by atoms with van der Waals surface area (Å²) in [6.07, 6.45) is 10.4. The van der Waals surface area contributed by atoms with Gasteiger partial charge in [-0.05, 0) is 26.2 Å². The van der Waals surface area contributed by atoms with Gasteiger partial charge in [0.05, 0.1) is 6.61 Å². The lowest BCUT2D eigenvalue weighted by Crippen LogP contribution is -2.44. The molecule has 0 atom stereocenters. The molecule has 3 nitrogen and oxygen atoms in total. The molecular weight excluding hydrogens is 190 g/mol. The predicted molar refractivity (Wildman–Crippen MR) is 60.4 cm³/mol. The van der Waals surface area contributed by atoms with Crippen molar-refractivity contribution in [3.63, 3.8) is 0 Å². The average Bonchev–Trinajstić information content (AvgIpc) is 2.14. The van der Waals surface area contributed by atoms with Crippen molar-refractivity contribution in [2.24, 2.45) is 0 Å². The number of carbonyl (C=O) groups is 1. The molecule has 1 saturated carbocycles. The van der Waals surface area contributed by atoms with Gasteiger partial charge in [0, 0.05) is 18.7 Å². The maximum Gasteiger partial charge on any atom is 0.246 e. The van der Waals surface area contributed by atoms with Crippen LogP contribution in [-0.2, 0) is 4.79 Å². The van der Waals surface area contributed by atoms with E-state index in [-0.39, 0.29) is 12.5 Å². The molecule has 0 spiro atoms. The van der Waals surface area contributed by atoms with Crippen LogP contribution in [0.4, 0.5) is 0 Å². The van der Waals surface area contributed by atoms with Gasteiger partial charge in [-0.25, -0.2) is 0 Å². The third-order valence-corrected chi connectivity index (χ3v) is 2.68. The molecule has 84 valence electrons. The lowest BCUT2D eigenvalue weighted by molar-refractivity contribution is -0.130. The number of nitrogens with zero attached hydrogens (tertiary/aromatic N) is 1. The van der Waals surface area contributed by atoms with Crippen molar-refractivity contribution in [2.75, 3.05) is 13.2 Å². The van der Waals surface area contributed by atoms with E-state index in [1.807, 2.05) is 19.1 Å². The van der Waals surface area contributed by atoms with Gasteiger partial charge in [0.25, 0.3) is 0 Å². The maximum absolute atomic E-state index is 11.7. The molecule has 1 N–H and O–H groups in total. The summed E-state index contributed by atoms with van der Waals surface area (Å²) in [6, 6.07) is 0.347. The van der Waals surface area contributed by atoms with Crippen LogP contribution in [0.2, 0.25) is 0 Å². The van der Waals surface area contributed by atoms with Crippen LogP contribution in [0.15, 0.2) is 24.3 Å². The van der Waals surface area contributed by atoms with Crippen LogP contribution < -0.4 is 0 Å². The normalized spacial score (nSPS) is 17.2. The van der Waals surface area contributed by atoms with Crippen LogP contribution in [-0.4, -0.2) is 35.1 Å². The Kier molecular flexibility index (Phi) is 5.12. The highest BCUT2D eigenvalue weighted by molar-refractivity contribution is 5.88. The van der Waals surface area contributed by atoms with E-state index < -0.39 is 0 Å². The number of hydrogen-bond donors (Lipinski definition) is 1. The van der Waals surface area contributed by atoms with Crippen LogP contribution in [0.25, 0.3) is 0 Å². The van der Waals surface area contributed by atoms with Crippen molar-refractivity contribution < 1.29 is 9.90 Å². The van der Waals surface area contributed by atoms with Gasteiger partial charge in [-0.1, -0.05) is 18.2 Å². The molecule has 1 aliphatic rings. The van der Waals surface area contributed by atoms with Crippen molar-refractivity contribution in [1.82, 2.24) is 4.90 Å². The fourth-order valence-electron chi connectivity index (χ4n) is 1.62. The number of carbonyl (C=O) groups excluding carboxylic acids is 1. The maximum atomic E-state index is 11.7. The lowest BCUT2D eigenvalue weighted by Gasteiger charge is -2.36. The first-order valence-electron chi connectivity index (χ1n) is 5.50. The van der Waals surface area contributed by atoms with Crippen LogP contribution in [0.1, 0.15) is 26.2 Å². The van der Waals surface area contributed by atoms with Crippen molar-refractivity contribution in [3.8, 4) is 0 Å². The Labute approximate surface area is 91.1 Å². The molecule has 1 aliphatic carbocycles. The Hall–Kier alpha value is -1.09. The topological polar surface area (TPSA) is 40.5 Å². The zero-order chi connectivity index (χ0) is 11.1. The van der Waals surface area contributed by atoms with Crippen molar-refractivity contribution in [1.29, 1.82) is 0 Å². The van der Waals surface area contributed by atoms with E-state index in [0.717, 1.165) is 12.8 Å². The molecule has 1 rings (SSSR count). The van der Waals surface area contributed by atoms with Crippen molar-refractivity contribution in [3.05, 3.63) is 24.3 Å². The molecule has 0 saturated heterocycles. The SMILES string of the molecule is CC=CC=CC(=O)N(CCO)C1CCC1. The van der Waals surface area contributed by atoms with Gasteiger partial charge in [0.1, 0.15) is 0 Å². The monoisotopic (exact) mass is 209 g/mol. The summed E-state index contributed by atoms with van der Waals surface area (Å²) in [4.78, 5) is 13.5. The van der Waals surface area contributed by atoms with Gasteiger partial charge in [-0.3, -0.25) is 4.79 Å². The summed E-state index contributed by atoms with van der Waals surface area (Å²) < 4.78 is 0. The quantitative estimate of drug-likeness (QED) is 0.550. The molecule has 0 bridgehead atoms. The fraction of sp³-hybridized carbons (Fsp3) is 0.583. The second-order valence-electron chi connectivity index (χ2n) is 3.72. The summed E-state index contributed by atoms with van der Waals surface area (Å²) in [5.41, 5.74) is 0. The highest BCUT2D eigenvalue weighted by atomic mass is 16.3. The van der Waals surface area contributed by atoms with E-state index in [0.29, 0.717) is 12.6 Å². The molecular formula is C12H19NO2. The van der Waals surface area contributed by atoms with E-state index in [2.05, 4.69) is 0 Å². The Balaban J connectivity index is 2.50. The standard InChI is InChI=1S/C12H19NO2/c1-2-3-4-8-12(15)13(9-10-14)11-6-5-7-11/h2-4,8,11,14H,5-7,9-10H2,1H3. The highest BCUT2D eigenvalue weighted by Crippen LogP contribution is 2.24. The van der Waals surface area contributed by atoms with Crippen molar-refractivity contribution >= 4 is 5.91 Å². The molecule has 3 heteroatoms. The Morgan fingerprint density at radius 2 is 2.20 bits per heavy atom. The molecule has 0 aromatic heterocycles. The Bertz CT molecular complexity index is 254. The molecule has 1 amide bonds. The Morgan fingerprint density at radius 1 is 1.47 bits per heavy atom. The van der Waals surface area contributed by atoms with Gasteiger partial charge < -0.3 is 10.0 Å². The number of aliphatic hydroxyl groups excluding tert-OH is 1. The van der Waals surface area contributed by atoms with E-state index in [1.54, 1.807) is 17.1 Å². The van der Waals surface area contributed by atoms with Crippen LogP contribution in [0.5, 0.6) is 0 Å². The number of rotatable bonds is 5. The van der Waals surface area contributed by atoms with Crippen LogP contribution >= 0.6 is 0 Å². The molecule has 0 heterocycles. The molecule has 0 aliphatic heterocycles. The zero-order valence-electron chi connectivity index (χ0n) is 9.22. The minimum absolute atomic E-state index is 0.00634. The number of amides is 1. The van der Waals surface area contributed by atoms with Gasteiger partial charge in [-0.2, -0.15) is 0 Å². The number of allylic oxidation sites excluding steroid dienone is 3. The summed E-state index contributed by atoms with van der Waals surface area (Å²) in [5, 5.41) is 8.89. The summed E-state index contributed by atoms with van der Waals surface area (Å²) >= 11 is 0. The number of hydrogen-bond acceptors (Lipinski definition) is 2. The highest BCUT2D eigenvalue weighted by Gasteiger charge is 2.26. The molecule has 0 aromatic rings. The molecule has 15 heavy (non-hydrogen) atoms. The first kappa shape index (κ1) is 12.0. The Morgan fingerprint density at radius 3 is 2.67 bits per heavy atom. The summed E-state index contributed by atoms with van der Waals surface area (Å²) in [7, 11) is 0. The van der Waals surface area contributed by atoms with Gasteiger partial charge >= 0.3 is 0 Å². The third-order valence-electron chi connectivity index (χ3n) is 2.68. The van der Waals surface area contributed by atoms with E-state index in [9.17, 15) is 4.79 Å². The van der Waals surface area contributed by atoms with Gasteiger partial charge in [-0.15, -0.1) is 0 Å². The lowest BCUT2D eigenvalue weighted by atomic mass is 9.91. The first-order chi connectivity index (χ1) is 7.29. The third kappa shape index (κ3) is 3.51. The number of aliphatic hydroxyl groups is 1. The van der Waals surface area contributed by atoms with Crippen LogP contribution in [0.3, 0.4) is 0 Å². The zero-order valence-corrected chi connectivity index (χ0v) is 9.22. The molecule has 0 aromatic carbocycles. The largest absolute Gasteiger partial charge is 0.395 e. The average molecular weight is 209 g/mol.